The van der Waals surface area contributed by atoms with Gasteiger partial charge in [0.1, 0.15) is 0 Å². The summed E-state index contributed by atoms with van der Waals surface area (Å²) in [5.41, 5.74) is -0.0482. The normalized spacial score (nSPS) is 31.0. The number of hydrogen-bond acceptors (Lipinski definition) is 5. The number of rotatable bonds is 5. The Bertz CT molecular complexity index is 582. The predicted octanol–water partition coefficient (Wildman–Crippen LogP) is 2.51. The highest BCUT2D eigenvalue weighted by atomic mass is 19.1. The SMILES string of the molecule is Fc1cccnc1OC[C@@]12CCO[C@@H]1CCN(CC1CCOCC1)C2. The van der Waals surface area contributed by atoms with Crippen LogP contribution in [0.25, 0.3) is 0 Å². The standard InChI is InChI=1S/C19H27FN2O3/c20-16-2-1-7-21-18(16)25-14-19-6-11-24-17(19)3-8-22(13-19)12-15-4-9-23-10-5-15/h1-2,7,15,17H,3-6,8-14H2/t17-,19+/m1/s1. The zero-order valence-corrected chi connectivity index (χ0v) is 14.7. The number of pyridine rings is 1. The van der Waals surface area contributed by atoms with Crippen LogP contribution in [0.4, 0.5) is 4.39 Å². The summed E-state index contributed by atoms with van der Waals surface area (Å²) >= 11 is 0. The highest BCUT2D eigenvalue weighted by molar-refractivity contribution is 5.13. The molecule has 4 rings (SSSR count). The molecule has 0 radical (unpaired) electrons. The molecule has 25 heavy (non-hydrogen) atoms. The summed E-state index contributed by atoms with van der Waals surface area (Å²) in [5.74, 6) is 0.423. The van der Waals surface area contributed by atoms with E-state index in [1.807, 2.05) is 0 Å². The number of aromatic nitrogens is 1. The van der Waals surface area contributed by atoms with Gasteiger partial charge in [0.05, 0.1) is 12.7 Å². The van der Waals surface area contributed by atoms with Crippen LogP contribution in [0.3, 0.4) is 0 Å². The van der Waals surface area contributed by atoms with Crippen molar-refractivity contribution in [2.75, 3.05) is 46.1 Å². The lowest BCUT2D eigenvalue weighted by molar-refractivity contribution is -0.0483. The van der Waals surface area contributed by atoms with E-state index in [0.717, 1.165) is 71.1 Å². The zero-order chi connectivity index (χ0) is 17.1. The van der Waals surface area contributed by atoms with Crippen LogP contribution < -0.4 is 4.74 Å². The minimum Gasteiger partial charge on any atom is -0.475 e. The second-order valence-corrected chi connectivity index (χ2v) is 7.63. The largest absolute Gasteiger partial charge is 0.475 e. The van der Waals surface area contributed by atoms with Gasteiger partial charge in [0.15, 0.2) is 5.82 Å². The molecule has 0 saturated carbocycles. The van der Waals surface area contributed by atoms with Crippen LogP contribution in [0.2, 0.25) is 0 Å². The lowest BCUT2D eigenvalue weighted by Gasteiger charge is -2.44. The predicted molar refractivity (Wildman–Crippen MR) is 91.1 cm³/mol. The molecule has 1 aromatic rings. The van der Waals surface area contributed by atoms with Crippen molar-refractivity contribution in [2.24, 2.45) is 11.3 Å². The number of nitrogens with zero attached hydrogens (tertiary/aromatic N) is 2. The highest BCUT2D eigenvalue weighted by Crippen LogP contribution is 2.41. The summed E-state index contributed by atoms with van der Waals surface area (Å²) in [6.45, 7) is 6.16. The molecule has 138 valence electrons. The van der Waals surface area contributed by atoms with Crippen molar-refractivity contribution in [3.05, 3.63) is 24.1 Å². The second-order valence-electron chi connectivity index (χ2n) is 7.63. The third kappa shape index (κ3) is 3.81. The Morgan fingerprint density at radius 3 is 3.00 bits per heavy atom. The molecule has 0 bridgehead atoms. The summed E-state index contributed by atoms with van der Waals surface area (Å²) in [6.07, 6.45) is 6.08. The zero-order valence-electron chi connectivity index (χ0n) is 14.7. The van der Waals surface area contributed by atoms with Gasteiger partial charge >= 0.3 is 0 Å². The molecule has 0 spiro atoms. The fourth-order valence-corrected chi connectivity index (χ4v) is 4.49. The molecule has 0 unspecified atom stereocenters. The first-order valence-electron chi connectivity index (χ1n) is 9.40. The number of hydrogen-bond donors (Lipinski definition) is 0. The first-order chi connectivity index (χ1) is 12.3. The van der Waals surface area contributed by atoms with Crippen molar-refractivity contribution in [1.29, 1.82) is 0 Å². The Kier molecular flexibility index (Phi) is 5.20. The fraction of sp³-hybridized carbons (Fsp3) is 0.737. The van der Waals surface area contributed by atoms with Gasteiger partial charge in [-0.2, -0.15) is 0 Å². The van der Waals surface area contributed by atoms with Gasteiger partial charge in [0, 0.05) is 51.1 Å². The molecule has 1 aromatic heterocycles. The second kappa shape index (κ2) is 7.56. The van der Waals surface area contributed by atoms with Gasteiger partial charge in [-0.15, -0.1) is 0 Å². The Morgan fingerprint density at radius 1 is 1.28 bits per heavy atom. The van der Waals surface area contributed by atoms with Crippen LogP contribution in [0, 0.1) is 17.2 Å². The van der Waals surface area contributed by atoms with Crippen molar-refractivity contribution in [2.45, 2.75) is 31.8 Å². The highest BCUT2D eigenvalue weighted by Gasteiger charge is 2.48. The van der Waals surface area contributed by atoms with Gasteiger partial charge in [0.25, 0.3) is 0 Å². The van der Waals surface area contributed by atoms with Gasteiger partial charge in [-0.3, -0.25) is 0 Å². The van der Waals surface area contributed by atoms with Crippen molar-refractivity contribution >= 4 is 0 Å². The van der Waals surface area contributed by atoms with Gasteiger partial charge in [-0.25, -0.2) is 9.37 Å². The van der Waals surface area contributed by atoms with Crippen LogP contribution in [0.1, 0.15) is 25.7 Å². The number of piperidine rings is 1. The van der Waals surface area contributed by atoms with E-state index in [9.17, 15) is 4.39 Å². The summed E-state index contributed by atoms with van der Waals surface area (Å²) in [4.78, 5) is 6.58. The summed E-state index contributed by atoms with van der Waals surface area (Å²) in [6, 6.07) is 2.97. The lowest BCUT2D eigenvalue weighted by atomic mass is 9.77. The van der Waals surface area contributed by atoms with Gasteiger partial charge in [-0.1, -0.05) is 0 Å². The van der Waals surface area contributed by atoms with Crippen LogP contribution >= 0.6 is 0 Å². The lowest BCUT2D eigenvalue weighted by Crippen LogP contribution is -2.53. The van der Waals surface area contributed by atoms with E-state index >= 15 is 0 Å². The fourth-order valence-electron chi connectivity index (χ4n) is 4.49. The van der Waals surface area contributed by atoms with Crippen LogP contribution in [-0.4, -0.2) is 62.0 Å². The summed E-state index contributed by atoms with van der Waals surface area (Å²) in [7, 11) is 0. The first kappa shape index (κ1) is 17.2. The minimum absolute atomic E-state index is 0.0482. The maximum Gasteiger partial charge on any atom is 0.250 e. The molecular formula is C19H27FN2O3. The Balaban J connectivity index is 1.40. The smallest absolute Gasteiger partial charge is 0.250 e. The average molecular weight is 350 g/mol. The van der Waals surface area contributed by atoms with E-state index in [0.29, 0.717) is 6.61 Å². The molecule has 4 heterocycles. The Morgan fingerprint density at radius 2 is 2.16 bits per heavy atom. The molecule has 3 aliphatic heterocycles. The third-order valence-electron chi connectivity index (χ3n) is 5.93. The molecule has 3 saturated heterocycles. The molecule has 0 aliphatic carbocycles. The number of likely N-dealkylation sites (tertiary alicyclic amines) is 1. The van der Waals surface area contributed by atoms with Gasteiger partial charge in [-0.05, 0) is 43.7 Å². The van der Waals surface area contributed by atoms with Gasteiger partial charge in [0.2, 0.25) is 5.88 Å². The Labute approximate surface area is 148 Å². The van der Waals surface area contributed by atoms with Crippen molar-refractivity contribution in [3.63, 3.8) is 0 Å². The number of halogens is 1. The maximum absolute atomic E-state index is 13.8. The van der Waals surface area contributed by atoms with E-state index < -0.39 is 5.82 Å². The molecule has 0 amide bonds. The van der Waals surface area contributed by atoms with E-state index in [2.05, 4.69) is 9.88 Å². The molecule has 3 fully saturated rings. The molecule has 3 aliphatic rings. The van der Waals surface area contributed by atoms with Crippen molar-refractivity contribution < 1.29 is 18.6 Å². The first-order valence-corrected chi connectivity index (χ1v) is 9.40. The molecular weight excluding hydrogens is 323 g/mol. The van der Waals surface area contributed by atoms with Crippen LogP contribution in [0.5, 0.6) is 5.88 Å². The van der Waals surface area contributed by atoms with Crippen molar-refractivity contribution in [3.8, 4) is 5.88 Å². The van der Waals surface area contributed by atoms with Crippen LogP contribution in [0.15, 0.2) is 18.3 Å². The average Bonchev–Trinajstić information content (AvgIpc) is 3.05. The van der Waals surface area contributed by atoms with Crippen molar-refractivity contribution in [1.82, 2.24) is 9.88 Å². The number of fused-ring (bicyclic) bond motifs is 1. The monoisotopic (exact) mass is 350 g/mol. The van der Waals surface area contributed by atoms with E-state index in [-0.39, 0.29) is 17.4 Å². The minimum atomic E-state index is -0.399. The Hall–Kier alpha value is -1.24. The molecule has 2 atom stereocenters. The quantitative estimate of drug-likeness (QED) is 0.816. The van der Waals surface area contributed by atoms with E-state index in [1.54, 1.807) is 12.3 Å². The van der Waals surface area contributed by atoms with E-state index in [4.69, 9.17) is 14.2 Å². The van der Waals surface area contributed by atoms with E-state index in [1.165, 1.54) is 6.07 Å². The topological polar surface area (TPSA) is 43.8 Å². The van der Waals surface area contributed by atoms with Gasteiger partial charge < -0.3 is 19.1 Å². The molecule has 0 aromatic carbocycles. The maximum atomic E-state index is 13.8. The molecule has 5 nitrogen and oxygen atoms in total. The molecule has 0 N–H and O–H groups in total. The third-order valence-corrected chi connectivity index (χ3v) is 5.93. The summed E-state index contributed by atoms with van der Waals surface area (Å²) < 4.78 is 31.1. The van der Waals surface area contributed by atoms with Crippen LogP contribution in [-0.2, 0) is 9.47 Å². The number of ether oxygens (including phenoxy) is 3. The summed E-state index contributed by atoms with van der Waals surface area (Å²) in [5, 5.41) is 0. The molecule has 6 heteroatoms.